The molecule has 0 aromatic heterocycles. The largest absolute Gasteiger partial charge is 0.508 e. The van der Waals surface area contributed by atoms with Gasteiger partial charge in [-0.05, 0) is 78.3 Å². The molecule has 0 heterocycles. The van der Waals surface area contributed by atoms with Crippen LogP contribution in [0.5, 0.6) is 23.0 Å². The Morgan fingerprint density at radius 2 is 1.07 bits per heavy atom. The van der Waals surface area contributed by atoms with Gasteiger partial charge in [-0.15, -0.1) is 0 Å². The molecule has 4 nitrogen and oxygen atoms in total. The Bertz CT molecular complexity index is 861. The SMILES string of the molecule is COc1cc(OC)c(CCc2cccc(O)c2)cc1CCc1cccc(O)c1. The van der Waals surface area contributed by atoms with Crippen LogP contribution in [0.1, 0.15) is 22.3 Å². The highest BCUT2D eigenvalue weighted by Gasteiger charge is 2.12. The fourth-order valence-corrected chi connectivity index (χ4v) is 3.41. The van der Waals surface area contributed by atoms with E-state index in [2.05, 4.69) is 6.07 Å². The number of hydrogen-bond donors (Lipinski definition) is 2. The van der Waals surface area contributed by atoms with E-state index in [0.717, 1.165) is 59.4 Å². The maximum absolute atomic E-state index is 9.66. The molecule has 0 aliphatic rings. The summed E-state index contributed by atoms with van der Waals surface area (Å²) >= 11 is 0. The van der Waals surface area contributed by atoms with Crippen LogP contribution in [0.25, 0.3) is 0 Å². The molecule has 0 saturated carbocycles. The molecule has 0 spiro atoms. The van der Waals surface area contributed by atoms with Crippen LogP contribution < -0.4 is 9.47 Å². The zero-order chi connectivity index (χ0) is 19.9. The lowest BCUT2D eigenvalue weighted by Gasteiger charge is -2.15. The van der Waals surface area contributed by atoms with Crippen LogP contribution >= 0.6 is 0 Å². The topological polar surface area (TPSA) is 58.9 Å². The molecule has 0 radical (unpaired) electrons. The van der Waals surface area contributed by atoms with Crippen molar-refractivity contribution >= 4 is 0 Å². The van der Waals surface area contributed by atoms with Gasteiger partial charge in [0.1, 0.15) is 23.0 Å². The zero-order valence-electron chi connectivity index (χ0n) is 16.3. The molecule has 2 N–H and O–H groups in total. The Morgan fingerprint density at radius 1 is 0.607 bits per heavy atom. The third-order valence-electron chi connectivity index (χ3n) is 4.87. The van der Waals surface area contributed by atoms with E-state index in [0.29, 0.717) is 0 Å². The molecular weight excluding hydrogens is 352 g/mol. The van der Waals surface area contributed by atoms with Crippen LogP contribution in [-0.2, 0) is 25.7 Å². The summed E-state index contributed by atoms with van der Waals surface area (Å²) in [6.45, 7) is 0. The van der Waals surface area contributed by atoms with E-state index >= 15 is 0 Å². The molecular formula is C24H26O4. The van der Waals surface area contributed by atoms with Gasteiger partial charge in [0.05, 0.1) is 14.2 Å². The molecule has 0 saturated heterocycles. The lowest BCUT2D eigenvalue weighted by Crippen LogP contribution is -2.01. The Hall–Kier alpha value is -3.14. The number of benzene rings is 3. The Morgan fingerprint density at radius 3 is 1.46 bits per heavy atom. The van der Waals surface area contributed by atoms with Crippen molar-refractivity contribution in [3.05, 3.63) is 82.9 Å². The Kier molecular flexibility index (Phi) is 6.43. The normalized spacial score (nSPS) is 10.6. The van der Waals surface area contributed by atoms with Gasteiger partial charge in [-0.25, -0.2) is 0 Å². The van der Waals surface area contributed by atoms with Crippen molar-refractivity contribution in [1.29, 1.82) is 0 Å². The van der Waals surface area contributed by atoms with E-state index < -0.39 is 0 Å². The highest BCUT2D eigenvalue weighted by atomic mass is 16.5. The van der Waals surface area contributed by atoms with E-state index in [1.807, 2.05) is 30.3 Å². The molecule has 0 bridgehead atoms. The van der Waals surface area contributed by atoms with E-state index in [-0.39, 0.29) is 11.5 Å². The van der Waals surface area contributed by atoms with Crippen molar-refractivity contribution in [3.8, 4) is 23.0 Å². The summed E-state index contributed by atoms with van der Waals surface area (Å²) in [5.74, 6) is 2.17. The number of aromatic hydroxyl groups is 2. The van der Waals surface area contributed by atoms with Crippen LogP contribution in [0.4, 0.5) is 0 Å². The van der Waals surface area contributed by atoms with E-state index in [9.17, 15) is 10.2 Å². The fraction of sp³-hybridized carbons (Fsp3) is 0.250. The Labute approximate surface area is 166 Å². The molecule has 0 unspecified atom stereocenters. The maximum atomic E-state index is 9.66. The number of rotatable bonds is 8. The quantitative estimate of drug-likeness (QED) is 0.597. The van der Waals surface area contributed by atoms with Crippen molar-refractivity contribution in [2.24, 2.45) is 0 Å². The summed E-state index contributed by atoms with van der Waals surface area (Å²) in [7, 11) is 3.33. The van der Waals surface area contributed by atoms with Gasteiger partial charge in [-0.1, -0.05) is 24.3 Å². The summed E-state index contributed by atoms with van der Waals surface area (Å²) in [6.07, 6.45) is 3.22. The molecule has 3 aromatic carbocycles. The molecule has 0 fully saturated rings. The number of methoxy groups -OCH3 is 2. The van der Waals surface area contributed by atoms with Crippen molar-refractivity contribution in [1.82, 2.24) is 0 Å². The zero-order valence-corrected chi connectivity index (χ0v) is 16.3. The fourth-order valence-electron chi connectivity index (χ4n) is 3.41. The third kappa shape index (κ3) is 4.97. The maximum Gasteiger partial charge on any atom is 0.125 e. The monoisotopic (exact) mass is 378 g/mol. The molecule has 0 atom stereocenters. The van der Waals surface area contributed by atoms with Gasteiger partial charge in [-0.2, -0.15) is 0 Å². The lowest BCUT2D eigenvalue weighted by atomic mass is 9.97. The second kappa shape index (κ2) is 9.18. The minimum atomic E-state index is 0.283. The summed E-state index contributed by atoms with van der Waals surface area (Å²) in [6, 6.07) is 18.8. The van der Waals surface area contributed by atoms with Gasteiger partial charge in [0.15, 0.2) is 0 Å². The van der Waals surface area contributed by atoms with E-state index in [4.69, 9.17) is 9.47 Å². The molecule has 0 amide bonds. The van der Waals surface area contributed by atoms with E-state index in [1.54, 1.807) is 38.5 Å². The first kappa shape index (κ1) is 19.6. The minimum absolute atomic E-state index is 0.283. The molecule has 3 rings (SSSR count). The standard InChI is InChI=1S/C24H26O4/c1-27-23-16-24(28-2)20(12-10-18-6-4-8-22(26)14-18)15-19(23)11-9-17-5-3-7-21(25)13-17/h3-8,13-16,25-26H,9-12H2,1-2H3. The Balaban J connectivity index is 1.80. The number of aryl methyl sites for hydroxylation is 4. The predicted molar refractivity (Wildman–Crippen MR) is 111 cm³/mol. The van der Waals surface area contributed by atoms with Gasteiger partial charge in [-0.3, -0.25) is 0 Å². The summed E-state index contributed by atoms with van der Waals surface area (Å²) in [5.41, 5.74) is 4.38. The van der Waals surface area contributed by atoms with Crippen LogP contribution in [0.15, 0.2) is 60.7 Å². The minimum Gasteiger partial charge on any atom is -0.508 e. The van der Waals surface area contributed by atoms with Crippen molar-refractivity contribution in [3.63, 3.8) is 0 Å². The number of hydrogen-bond acceptors (Lipinski definition) is 4. The van der Waals surface area contributed by atoms with Crippen LogP contribution in [0.2, 0.25) is 0 Å². The summed E-state index contributed by atoms with van der Waals surface area (Å²) in [4.78, 5) is 0. The smallest absolute Gasteiger partial charge is 0.125 e. The molecule has 0 aliphatic heterocycles. The van der Waals surface area contributed by atoms with Gasteiger partial charge in [0.2, 0.25) is 0 Å². The average Bonchev–Trinajstić information content (AvgIpc) is 2.70. The van der Waals surface area contributed by atoms with Crippen LogP contribution in [0, 0.1) is 0 Å². The number of phenolic OH excluding ortho intramolecular Hbond substituents is 2. The van der Waals surface area contributed by atoms with Crippen LogP contribution in [0.3, 0.4) is 0 Å². The molecule has 0 aliphatic carbocycles. The first-order valence-corrected chi connectivity index (χ1v) is 9.38. The number of phenols is 2. The van der Waals surface area contributed by atoms with Gasteiger partial charge in [0.25, 0.3) is 0 Å². The second-order valence-electron chi connectivity index (χ2n) is 6.82. The predicted octanol–water partition coefficient (Wildman–Crippen LogP) is 4.69. The number of ether oxygens (including phenoxy) is 2. The van der Waals surface area contributed by atoms with E-state index in [1.165, 1.54) is 0 Å². The molecule has 146 valence electrons. The van der Waals surface area contributed by atoms with Crippen molar-refractivity contribution < 1.29 is 19.7 Å². The van der Waals surface area contributed by atoms with Gasteiger partial charge in [0, 0.05) is 6.07 Å². The van der Waals surface area contributed by atoms with Crippen molar-refractivity contribution in [2.75, 3.05) is 14.2 Å². The molecule has 28 heavy (non-hydrogen) atoms. The summed E-state index contributed by atoms with van der Waals surface area (Å²) in [5, 5.41) is 19.3. The summed E-state index contributed by atoms with van der Waals surface area (Å²) < 4.78 is 11.1. The highest BCUT2D eigenvalue weighted by Crippen LogP contribution is 2.31. The second-order valence-corrected chi connectivity index (χ2v) is 6.82. The first-order valence-electron chi connectivity index (χ1n) is 9.38. The third-order valence-corrected chi connectivity index (χ3v) is 4.87. The molecule has 3 aromatic rings. The van der Waals surface area contributed by atoms with Gasteiger partial charge >= 0.3 is 0 Å². The average molecular weight is 378 g/mol. The van der Waals surface area contributed by atoms with Crippen molar-refractivity contribution in [2.45, 2.75) is 25.7 Å². The molecule has 4 heteroatoms. The lowest BCUT2D eigenvalue weighted by molar-refractivity contribution is 0.388. The highest BCUT2D eigenvalue weighted by molar-refractivity contribution is 5.47. The van der Waals surface area contributed by atoms with Crippen LogP contribution in [-0.4, -0.2) is 24.4 Å². The van der Waals surface area contributed by atoms with Gasteiger partial charge < -0.3 is 19.7 Å². The first-order chi connectivity index (χ1) is 13.6.